The molecule has 2 aromatic carbocycles. The van der Waals surface area contributed by atoms with Crippen molar-refractivity contribution >= 4 is 0 Å². The molecule has 0 saturated carbocycles. The summed E-state index contributed by atoms with van der Waals surface area (Å²) in [6.45, 7) is 1.35. The van der Waals surface area contributed by atoms with E-state index in [0.29, 0.717) is 6.07 Å². The summed E-state index contributed by atoms with van der Waals surface area (Å²) in [5.74, 6) is -6.94. The summed E-state index contributed by atoms with van der Waals surface area (Å²) in [6.07, 6.45) is 0. The van der Waals surface area contributed by atoms with Crippen LogP contribution in [0.3, 0.4) is 0 Å². The number of halogens is 5. The molecule has 0 amide bonds. The van der Waals surface area contributed by atoms with Crippen molar-refractivity contribution in [2.45, 2.75) is 13.0 Å². The number of aryl methyl sites for hydroxylation is 1. The van der Waals surface area contributed by atoms with Gasteiger partial charge in [0.05, 0.1) is 6.04 Å². The predicted molar refractivity (Wildman–Crippen MR) is 63.4 cm³/mol. The molecular formula is C14H10F5N. The molecule has 0 fully saturated rings. The van der Waals surface area contributed by atoms with Crippen LogP contribution in [0.1, 0.15) is 22.7 Å². The Kier molecular flexibility index (Phi) is 3.76. The fraction of sp³-hybridized carbons (Fsp3) is 0.143. The molecule has 2 N–H and O–H groups in total. The molecule has 0 bridgehead atoms. The third kappa shape index (κ3) is 2.27. The highest BCUT2D eigenvalue weighted by atomic mass is 19.2. The quantitative estimate of drug-likeness (QED) is 0.661. The average Bonchev–Trinajstić information content (AvgIpc) is 2.42. The molecule has 0 heterocycles. The zero-order valence-corrected chi connectivity index (χ0v) is 10.4. The lowest BCUT2D eigenvalue weighted by atomic mass is 9.97. The number of nitrogens with two attached hydrogens (primary N) is 1. The lowest BCUT2D eigenvalue weighted by Gasteiger charge is -2.15. The van der Waals surface area contributed by atoms with Crippen molar-refractivity contribution in [3.8, 4) is 0 Å². The Morgan fingerprint density at radius 1 is 0.750 bits per heavy atom. The van der Waals surface area contributed by atoms with Crippen LogP contribution in [0.4, 0.5) is 22.0 Å². The van der Waals surface area contributed by atoms with Crippen molar-refractivity contribution < 1.29 is 22.0 Å². The fourth-order valence-corrected chi connectivity index (χ4v) is 1.85. The van der Waals surface area contributed by atoms with Crippen LogP contribution in [0.15, 0.2) is 24.3 Å². The van der Waals surface area contributed by atoms with Gasteiger partial charge in [0.1, 0.15) is 0 Å². The summed E-state index contributed by atoms with van der Waals surface area (Å²) in [5, 5.41) is 0. The van der Waals surface area contributed by atoms with Gasteiger partial charge < -0.3 is 5.73 Å². The fourth-order valence-electron chi connectivity index (χ4n) is 1.85. The Bertz CT molecular complexity index is 612. The first kappa shape index (κ1) is 14.5. The Balaban J connectivity index is 2.55. The van der Waals surface area contributed by atoms with Crippen LogP contribution < -0.4 is 5.73 Å². The molecule has 1 nitrogen and oxygen atoms in total. The van der Waals surface area contributed by atoms with E-state index in [4.69, 9.17) is 5.73 Å². The van der Waals surface area contributed by atoms with E-state index in [1.807, 2.05) is 0 Å². The normalized spacial score (nSPS) is 12.6. The van der Waals surface area contributed by atoms with Gasteiger partial charge in [-0.25, -0.2) is 22.0 Å². The van der Waals surface area contributed by atoms with Gasteiger partial charge in [0.2, 0.25) is 0 Å². The van der Waals surface area contributed by atoms with E-state index in [0.717, 1.165) is 6.07 Å². The minimum Gasteiger partial charge on any atom is -0.320 e. The van der Waals surface area contributed by atoms with Gasteiger partial charge in [0.25, 0.3) is 0 Å². The maximum absolute atomic E-state index is 13.8. The monoisotopic (exact) mass is 287 g/mol. The highest BCUT2D eigenvalue weighted by Gasteiger charge is 2.23. The summed E-state index contributed by atoms with van der Waals surface area (Å²) in [7, 11) is 0. The summed E-state index contributed by atoms with van der Waals surface area (Å²) in [6, 6.07) is 2.58. The molecule has 0 radical (unpaired) electrons. The SMILES string of the molecule is Cc1ccc(C(N)c2ccc(F)c(F)c2F)c(F)c1F. The van der Waals surface area contributed by atoms with Crippen molar-refractivity contribution in [1.29, 1.82) is 0 Å². The van der Waals surface area contributed by atoms with Crippen LogP contribution in [0.5, 0.6) is 0 Å². The molecule has 0 aliphatic rings. The van der Waals surface area contributed by atoms with Crippen molar-refractivity contribution in [2.24, 2.45) is 5.73 Å². The molecule has 6 heteroatoms. The Morgan fingerprint density at radius 3 is 1.85 bits per heavy atom. The second-order valence-corrected chi connectivity index (χ2v) is 4.34. The van der Waals surface area contributed by atoms with Crippen molar-refractivity contribution in [2.75, 3.05) is 0 Å². The van der Waals surface area contributed by atoms with Gasteiger partial charge in [-0.3, -0.25) is 0 Å². The van der Waals surface area contributed by atoms with E-state index in [1.165, 1.54) is 19.1 Å². The second-order valence-electron chi connectivity index (χ2n) is 4.34. The summed E-state index contributed by atoms with van der Waals surface area (Å²) in [4.78, 5) is 0. The Morgan fingerprint density at radius 2 is 1.25 bits per heavy atom. The largest absolute Gasteiger partial charge is 0.320 e. The summed E-state index contributed by atoms with van der Waals surface area (Å²) in [5.41, 5.74) is 4.89. The van der Waals surface area contributed by atoms with Crippen LogP contribution >= 0.6 is 0 Å². The lowest BCUT2D eigenvalue weighted by Crippen LogP contribution is -2.17. The van der Waals surface area contributed by atoms with Gasteiger partial charge >= 0.3 is 0 Å². The number of hydrogen-bond donors (Lipinski definition) is 1. The van der Waals surface area contributed by atoms with Gasteiger partial charge in [-0.1, -0.05) is 18.2 Å². The van der Waals surface area contributed by atoms with Gasteiger partial charge in [-0.2, -0.15) is 0 Å². The minimum atomic E-state index is -1.70. The Hall–Kier alpha value is -1.95. The van der Waals surface area contributed by atoms with Crippen molar-refractivity contribution in [3.05, 3.63) is 70.0 Å². The number of rotatable bonds is 2. The zero-order chi connectivity index (χ0) is 15.0. The molecular weight excluding hydrogens is 277 g/mol. The van der Waals surface area contributed by atoms with Crippen LogP contribution in [0.2, 0.25) is 0 Å². The first-order valence-electron chi connectivity index (χ1n) is 5.68. The summed E-state index contributed by atoms with van der Waals surface area (Å²) >= 11 is 0. The number of hydrogen-bond acceptors (Lipinski definition) is 1. The van der Waals surface area contributed by atoms with E-state index in [2.05, 4.69) is 0 Å². The zero-order valence-electron chi connectivity index (χ0n) is 10.4. The molecule has 1 unspecified atom stereocenters. The molecule has 0 saturated heterocycles. The number of benzene rings is 2. The molecule has 20 heavy (non-hydrogen) atoms. The molecule has 106 valence electrons. The topological polar surface area (TPSA) is 26.0 Å². The molecule has 1 atom stereocenters. The molecule has 0 aromatic heterocycles. The highest BCUT2D eigenvalue weighted by molar-refractivity contribution is 5.36. The van der Waals surface area contributed by atoms with Crippen LogP contribution in [0, 0.1) is 36.0 Å². The highest BCUT2D eigenvalue weighted by Crippen LogP contribution is 2.28. The average molecular weight is 287 g/mol. The van der Waals surface area contributed by atoms with E-state index >= 15 is 0 Å². The molecule has 2 aromatic rings. The second kappa shape index (κ2) is 5.20. The van der Waals surface area contributed by atoms with Gasteiger partial charge in [0.15, 0.2) is 29.1 Å². The first-order valence-corrected chi connectivity index (χ1v) is 5.68. The van der Waals surface area contributed by atoms with Gasteiger partial charge in [-0.15, -0.1) is 0 Å². The lowest BCUT2D eigenvalue weighted by molar-refractivity contribution is 0.436. The van der Waals surface area contributed by atoms with E-state index in [-0.39, 0.29) is 11.1 Å². The predicted octanol–water partition coefficient (Wildman–Crippen LogP) is 3.74. The third-order valence-corrected chi connectivity index (χ3v) is 3.04. The van der Waals surface area contributed by atoms with Crippen LogP contribution in [-0.4, -0.2) is 0 Å². The van der Waals surface area contributed by atoms with Crippen LogP contribution in [0.25, 0.3) is 0 Å². The molecule has 0 aliphatic carbocycles. The third-order valence-electron chi connectivity index (χ3n) is 3.04. The minimum absolute atomic E-state index is 0.0595. The van der Waals surface area contributed by atoms with Gasteiger partial charge in [0, 0.05) is 11.1 Å². The van der Waals surface area contributed by atoms with Crippen LogP contribution in [-0.2, 0) is 0 Å². The molecule has 0 spiro atoms. The maximum Gasteiger partial charge on any atom is 0.194 e. The maximum atomic E-state index is 13.8. The van der Waals surface area contributed by atoms with Crippen molar-refractivity contribution in [1.82, 2.24) is 0 Å². The smallest absolute Gasteiger partial charge is 0.194 e. The van der Waals surface area contributed by atoms with Gasteiger partial charge in [-0.05, 0) is 18.6 Å². The standard InChI is InChI=1S/C14H10F5N/c1-6-2-3-7(11(17)10(6)16)14(20)8-4-5-9(15)13(19)12(8)18/h2-5,14H,20H2,1H3. The van der Waals surface area contributed by atoms with E-state index < -0.39 is 40.7 Å². The Labute approximate surface area is 111 Å². The summed E-state index contributed by atoms with van der Waals surface area (Å²) < 4.78 is 66.8. The molecule has 2 rings (SSSR count). The molecule has 0 aliphatic heterocycles. The first-order chi connectivity index (χ1) is 9.34. The van der Waals surface area contributed by atoms with E-state index in [1.54, 1.807) is 0 Å². The van der Waals surface area contributed by atoms with Crippen molar-refractivity contribution in [3.63, 3.8) is 0 Å². The van der Waals surface area contributed by atoms with E-state index in [9.17, 15) is 22.0 Å².